The molecule has 5 nitrogen and oxygen atoms in total. The van der Waals surface area contributed by atoms with E-state index in [-0.39, 0.29) is 12.1 Å². The molecule has 2 aliphatic rings. The summed E-state index contributed by atoms with van der Waals surface area (Å²) in [6, 6.07) is 0.481. The number of nitrogens with one attached hydrogen (secondary N) is 1. The van der Waals surface area contributed by atoms with Crippen LogP contribution in [-0.2, 0) is 9.53 Å². The molecule has 0 amide bonds. The van der Waals surface area contributed by atoms with Gasteiger partial charge in [-0.15, -0.1) is 0 Å². The maximum absolute atomic E-state index is 11.6. The Kier molecular flexibility index (Phi) is 6.83. The molecule has 2 saturated carbocycles. The SMILES string of the molecule is NC(=NCCCC(=O)OC1CCCC1)NC1CCCCC1. The summed E-state index contributed by atoms with van der Waals surface area (Å²) in [7, 11) is 0. The Morgan fingerprint density at radius 1 is 1.10 bits per heavy atom. The van der Waals surface area contributed by atoms with E-state index in [1.807, 2.05) is 0 Å². The second-order valence-electron chi connectivity index (χ2n) is 6.25. The second-order valence-corrected chi connectivity index (χ2v) is 6.25. The van der Waals surface area contributed by atoms with Crippen LogP contribution in [0.1, 0.15) is 70.6 Å². The topological polar surface area (TPSA) is 76.7 Å². The highest BCUT2D eigenvalue weighted by atomic mass is 16.5. The van der Waals surface area contributed by atoms with Gasteiger partial charge in [-0.05, 0) is 44.9 Å². The third kappa shape index (κ3) is 6.36. The molecule has 5 heteroatoms. The van der Waals surface area contributed by atoms with Crippen LogP contribution >= 0.6 is 0 Å². The normalized spacial score (nSPS) is 21.4. The van der Waals surface area contributed by atoms with Gasteiger partial charge < -0.3 is 15.8 Å². The maximum atomic E-state index is 11.6. The molecule has 21 heavy (non-hydrogen) atoms. The minimum atomic E-state index is -0.0871. The summed E-state index contributed by atoms with van der Waals surface area (Å²) >= 11 is 0. The van der Waals surface area contributed by atoms with Gasteiger partial charge in [0, 0.05) is 19.0 Å². The van der Waals surface area contributed by atoms with Crippen LogP contribution in [0.4, 0.5) is 0 Å². The molecule has 0 aliphatic heterocycles. The Morgan fingerprint density at radius 2 is 1.76 bits per heavy atom. The smallest absolute Gasteiger partial charge is 0.306 e. The molecular formula is C16H29N3O2. The molecule has 0 bridgehead atoms. The summed E-state index contributed by atoms with van der Waals surface area (Å²) in [4.78, 5) is 15.9. The van der Waals surface area contributed by atoms with Crippen molar-refractivity contribution < 1.29 is 9.53 Å². The summed E-state index contributed by atoms with van der Waals surface area (Å²) in [6.07, 6.45) is 12.0. The molecule has 0 radical (unpaired) electrons. The van der Waals surface area contributed by atoms with E-state index < -0.39 is 0 Å². The number of hydrogen-bond acceptors (Lipinski definition) is 3. The summed E-state index contributed by atoms with van der Waals surface area (Å²) in [6.45, 7) is 0.589. The first kappa shape index (κ1) is 16.1. The first-order chi connectivity index (χ1) is 10.2. The van der Waals surface area contributed by atoms with Crippen molar-refractivity contribution in [3.63, 3.8) is 0 Å². The number of carbonyl (C=O) groups excluding carboxylic acids is 1. The van der Waals surface area contributed by atoms with Gasteiger partial charge >= 0.3 is 5.97 Å². The zero-order valence-electron chi connectivity index (χ0n) is 13.0. The van der Waals surface area contributed by atoms with Crippen LogP contribution in [-0.4, -0.2) is 30.6 Å². The highest BCUT2D eigenvalue weighted by Crippen LogP contribution is 2.21. The number of rotatable bonds is 6. The number of carbonyl (C=O) groups is 1. The lowest BCUT2D eigenvalue weighted by atomic mass is 9.96. The van der Waals surface area contributed by atoms with E-state index in [4.69, 9.17) is 10.5 Å². The average Bonchev–Trinajstić information content (AvgIpc) is 2.97. The van der Waals surface area contributed by atoms with Crippen molar-refractivity contribution in [2.45, 2.75) is 82.8 Å². The van der Waals surface area contributed by atoms with Gasteiger partial charge in [0.2, 0.25) is 0 Å². The standard InChI is InChI=1S/C16H29N3O2/c17-16(19-13-7-2-1-3-8-13)18-12-6-11-15(20)21-14-9-4-5-10-14/h13-14H,1-12H2,(H3,17,18,19). The third-order valence-corrected chi connectivity index (χ3v) is 4.38. The summed E-state index contributed by atoms with van der Waals surface area (Å²) in [5, 5.41) is 3.28. The van der Waals surface area contributed by atoms with Gasteiger partial charge in [0.05, 0.1) is 0 Å². The van der Waals surface area contributed by atoms with E-state index in [0.717, 1.165) is 12.8 Å². The molecule has 0 aromatic rings. The van der Waals surface area contributed by atoms with Crippen LogP contribution < -0.4 is 11.1 Å². The van der Waals surface area contributed by atoms with E-state index in [1.54, 1.807) is 0 Å². The summed E-state index contributed by atoms with van der Waals surface area (Å²) < 4.78 is 5.41. The second kappa shape index (κ2) is 8.90. The Bertz CT molecular complexity index is 345. The number of guanidine groups is 1. The molecular weight excluding hydrogens is 266 g/mol. The van der Waals surface area contributed by atoms with Gasteiger partial charge in [-0.25, -0.2) is 0 Å². The van der Waals surface area contributed by atoms with Gasteiger partial charge in [-0.2, -0.15) is 0 Å². The predicted octanol–water partition coefficient (Wildman–Crippen LogP) is 2.49. The van der Waals surface area contributed by atoms with Gasteiger partial charge in [0.1, 0.15) is 6.10 Å². The molecule has 0 saturated heterocycles. The number of nitrogens with two attached hydrogens (primary N) is 1. The summed E-state index contributed by atoms with van der Waals surface area (Å²) in [5.74, 6) is 0.432. The minimum absolute atomic E-state index is 0.0871. The molecule has 3 N–H and O–H groups in total. The first-order valence-corrected chi connectivity index (χ1v) is 8.50. The first-order valence-electron chi connectivity index (χ1n) is 8.50. The number of aliphatic imine (C=N–C) groups is 1. The van der Waals surface area contributed by atoms with E-state index in [9.17, 15) is 4.79 Å². The van der Waals surface area contributed by atoms with Crippen molar-refractivity contribution >= 4 is 11.9 Å². The quantitative estimate of drug-likeness (QED) is 0.341. The van der Waals surface area contributed by atoms with Crippen molar-refractivity contribution in [3.8, 4) is 0 Å². The molecule has 0 aromatic heterocycles. The monoisotopic (exact) mass is 295 g/mol. The minimum Gasteiger partial charge on any atom is -0.462 e. The lowest BCUT2D eigenvalue weighted by Gasteiger charge is -2.23. The van der Waals surface area contributed by atoms with Gasteiger partial charge in [-0.3, -0.25) is 9.79 Å². The fraction of sp³-hybridized carbons (Fsp3) is 0.875. The Balaban J connectivity index is 1.54. The zero-order chi connectivity index (χ0) is 14.9. The lowest BCUT2D eigenvalue weighted by Crippen LogP contribution is -2.41. The van der Waals surface area contributed by atoms with Crippen LogP contribution in [0.15, 0.2) is 4.99 Å². The zero-order valence-corrected chi connectivity index (χ0v) is 13.0. The van der Waals surface area contributed by atoms with Crippen molar-refractivity contribution in [3.05, 3.63) is 0 Å². The molecule has 2 fully saturated rings. The largest absolute Gasteiger partial charge is 0.462 e. The molecule has 0 unspecified atom stereocenters. The fourth-order valence-electron chi connectivity index (χ4n) is 3.18. The van der Waals surface area contributed by atoms with Crippen LogP contribution in [0, 0.1) is 0 Å². The number of nitrogens with zero attached hydrogens (tertiary/aromatic N) is 1. The fourth-order valence-corrected chi connectivity index (χ4v) is 3.18. The Morgan fingerprint density at radius 3 is 2.48 bits per heavy atom. The van der Waals surface area contributed by atoms with E-state index in [2.05, 4.69) is 10.3 Å². The van der Waals surface area contributed by atoms with E-state index in [1.165, 1.54) is 44.9 Å². The predicted molar refractivity (Wildman–Crippen MR) is 84.1 cm³/mol. The molecule has 0 atom stereocenters. The summed E-state index contributed by atoms with van der Waals surface area (Å²) in [5.41, 5.74) is 5.88. The average molecular weight is 295 g/mol. The van der Waals surface area contributed by atoms with Crippen LogP contribution in [0.25, 0.3) is 0 Å². The van der Waals surface area contributed by atoms with Crippen LogP contribution in [0.2, 0.25) is 0 Å². The van der Waals surface area contributed by atoms with Crippen molar-refractivity contribution in [1.82, 2.24) is 5.32 Å². The maximum Gasteiger partial charge on any atom is 0.306 e. The van der Waals surface area contributed by atoms with Gasteiger partial charge in [0.15, 0.2) is 5.96 Å². The van der Waals surface area contributed by atoms with Gasteiger partial charge in [-0.1, -0.05) is 19.3 Å². The molecule has 0 heterocycles. The number of esters is 1. The van der Waals surface area contributed by atoms with E-state index >= 15 is 0 Å². The lowest BCUT2D eigenvalue weighted by molar-refractivity contribution is -0.148. The molecule has 120 valence electrons. The van der Waals surface area contributed by atoms with Crippen LogP contribution in [0.3, 0.4) is 0 Å². The Hall–Kier alpha value is -1.26. The highest BCUT2D eigenvalue weighted by molar-refractivity contribution is 5.78. The van der Waals surface area contributed by atoms with Crippen LogP contribution in [0.5, 0.6) is 0 Å². The molecule has 2 rings (SSSR count). The van der Waals surface area contributed by atoms with E-state index in [0.29, 0.717) is 31.4 Å². The van der Waals surface area contributed by atoms with Crippen molar-refractivity contribution in [1.29, 1.82) is 0 Å². The highest BCUT2D eigenvalue weighted by Gasteiger charge is 2.18. The number of ether oxygens (including phenoxy) is 1. The third-order valence-electron chi connectivity index (χ3n) is 4.38. The molecule has 0 spiro atoms. The molecule has 2 aliphatic carbocycles. The Labute approximate surface area is 127 Å². The van der Waals surface area contributed by atoms with Gasteiger partial charge in [0.25, 0.3) is 0 Å². The number of hydrogen-bond donors (Lipinski definition) is 2. The molecule has 0 aromatic carbocycles. The van der Waals surface area contributed by atoms with Crippen molar-refractivity contribution in [2.24, 2.45) is 10.7 Å². The van der Waals surface area contributed by atoms with Crippen molar-refractivity contribution in [2.75, 3.05) is 6.54 Å².